The predicted octanol–water partition coefficient (Wildman–Crippen LogP) is 6.65. The Hall–Kier alpha value is -3.94. The molecule has 1 aliphatic rings. The number of piperidine rings is 1. The van der Waals surface area contributed by atoms with Crippen molar-refractivity contribution in [3.05, 3.63) is 70.9 Å². The summed E-state index contributed by atoms with van der Waals surface area (Å²) in [7, 11) is 0. The van der Waals surface area contributed by atoms with Crippen molar-refractivity contribution in [3.8, 4) is 11.1 Å². The minimum absolute atomic E-state index is 0.149. The van der Waals surface area contributed by atoms with Gasteiger partial charge in [0, 0.05) is 30.3 Å². The van der Waals surface area contributed by atoms with Gasteiger partial charge in [-0.15, -0.1) is 0 Å². The molecule has 9 nitrogen and oxygen atoms in total. The first-order chi connectivity index (χ1) is 20.5. The third kappa shape index (κ3) is 6.84. The average molecular weight is 620 g/mol. The van der Waals surface area contributed by atoms with Gasteiger partial charge in [-0.1, -0.05) is 17.7 Å². The summed E-state index contributed by atoms with van der Waals surface area (Å²) in [5.41, 5.74) is 7.83. The summed E-state index contributed by atoms with van der Waals surface area (Å²) >= 11 is 6.51. The summed E-state index contributed by atoms with van der Waals surface area (Å²) in [6.45, 7) is 6.14. The van der Waals surface area contributed by atoms with Crippen molar-refractivity contribution in [1.82, 2.24) is 19.5 Å². The molecule has 0 aliphatic carbocycles. The highest BCUT2D eigenvalue weighted by atomic mass is 35.5. The Kier molecular flexibility index (Phi) is 9.04. The second-order valence-electron chi connectivity index (χ2n) is 10.2. The number of amides is 2. The second kappa shape index (κ2) is 12.7. The molecule has 1 aliphatic heterocycles. The van der Waals surface area contributed by atoms with Gasteiger partial charge in [0.25, 0.3) is 0 Å². The summed E-state index contributed by atoms with van der Waals surface area (Å²) in [5, 5.41) is 9.19. The van der Waals surface area contributed by atoms with E-state index in [4.69, 9.17) is 22.1 Å². The van der Waals surface area contributed by atoms with Gasteiger partial charge >= 0.3 is 12.2 Å². The number of nitrogens with zero attached hydrogens (tertiary/aromatic N) is 4. The topological polar surface area (TPSA) is 110 Å². The zero-order chi connectivity index (χ0) is 30.7. The number of likely N-dealkylation sites (tertiary alicyclic amines) is 1. The molecule has 0 radical (unpaired) electrons. The quantitative estimate of drug-likeness (QED) is 0.150. The number of urea groups is 1. The van der Waals surface area contributed by atoms with Crippen molar-refractivity contribution in [2.45, 2.75) is 31.9 Å². The van der Waals surface area contributed by atoms with E-state index in [1.54, 1.807) is 18.2 Å². The lowest BCUT2D eigenvalue weighted by atomic mass is 9.93. The standard InChI is InChI=1S/C29H30ClF4N7O2/c1-2-43-12-11-40-9-7-17(8-10-40)25-15-20(26-27(35)36-16-37-41(25)26)18-3-6-23(21(30)13-18)38-28(42)39-24-14-19(29(32,33)34)4-5-22(24)31/h3-6,13-17H,2,7-12H2,1H3,(H2,35,36,37)(H2,38,39,42). The summed E-state index contributed by atoms with van der Waals surface area (Å²) in [6, 6.07) is 7.70. The van der Waals surface area contributed by atoms with Gasteiger partial charge in [-0.05, 0) is 74.8 Å². The van der Waals surface area contributed by atoms with Crippen molar-refractivity contribution in [3.63, 3.8) is 0 Å². The maximum absolute atomic E-state index is 14.1. The third-order valence-electron chi connectivity index (χ3n) is 7.44. The average Bonchev–Trinajstić information content (AvgIpc) is 3.36. The number of nitrogens with one attached hydrogen (secondary N) is 2. The lowest BCUT2D eigenvalue weighted by Gasteiger charge is -2.31. The van der Waals surface area contributed by atoms with Crippen LogP contribution in [0.3, 0.4) is 0 Å². The van der Waals surface area contributed by atoms with Gasteiger partial charge in [0.15, 0.2) is 5.82 Å². The predicted molar refractivity (Wildman–Crippen MR) is 157 cm³/mol. The first-order valence-corrected chi connectivity index (χ1v) is 14.1. The zero-order valence-electron chi connectivity index (χ0n) is 23.2. The number of ether oxygens (including phenoxy) is 1. The zero-order valence-corrected chi connectivity index (χ0v) is 24.0. The summed E-state index contributed by atoms with van der Waals surface area (Å²) < 4.78 is 60.5. The van der Waals surface area contributed by atoms with Crippen LogP contribution in [0.25, 0.3) is 16.6 Å². The molecule has 2 aromatic heterocycles. The van der Waals surface area contributed by atoms with Crippen LogP contribution in [-0.4, -0.2) is 58.4 Å². The van der Waals surface area contributed by atoms with Crippen molar-refractivity contribution in [2.24, 2.45) is 0 Å². The number of anilines is 3. The first kappa shape index (κ1) is 30.5. The fourth-order valence-corrected chi connectivity index (χ4v) is 5.48. The van der Waals surface area contributed by atoms with Crippen LogP contribution < -0.4 is 16.4 Å². The minimum Gasteiger partial charge on any atom is -0.382 e. The number of hydrogen-bond donors (Lipinski definition) is 3. The smallest absolute Gasteiger partial charge is 0.382 e. The molecule has 0 saturated carbocycles. The molecule has 1 saturated heterocycles. The number of hydrogen-bond acceptors (Lipinski definition) is 6. The Bertz CT molecular complexity index is 1620. The van der Waals surface area contributed by atoms with Crippen LogP contribution in [-0.2, 0) is 10.9 Å². The molecular formula is C29H30ClF4N7O2. The molecule has 0 atom stereocenters. The van der Waals surface area contributed by atoms with Gasteiger partial charge in [-0.25, -0.2) is 18.7 Å². The highest BCUT2D eigenvalue weighted by Crippen LogP contribution is 2.38. The first-order valence-electron chi connectivity index (χ1n) is 13.7. The molecule has 3 heterocycles. The van der Waals surface area contributed by atoms with Crippen molar-refractivity contribution in [1.29, 1.82) is 0 Å². The van der Waals surface area contributed by atoms with E-state index < -0.39 is 29.3 Å². The Balaban J connectivity index is 1.35. The summed E-state index contributed by atoms with van der Waals surface area (Å²) in [5.74, 6) is -0.474. The van der Waals surface area contributed by atoms with Gasteiger partial charge in [-0.2, -0.15) is 18.3 Å². The van der Waals surface area contributed by atoms with E-state index in [0.29, 0.717) is 48.3 Å². The van der Waals surface area contributed by atoms with Gasteiger partial charge in [-0.3, -0.25) is 0 Å². The van der Waals surface area contributed by atoms with E-state index in [2.05, 4.69) is 25.6 Å². The van der Waals surface area contributed by atoms with Gasteiger partial charge in [0.2, 0.25) is 0 Å². The van der Waals surface area contributed by atoms with Crippen LogP contribution >= 0.6 is 11.6 Å². The lowest BCUT2D eigenvalue weighted by molar-refractivity contribution is -0.137. The minimum atomic E-state index is -4.70. The number of nitrogens with two attached hydrogens (primary N) is 1. The maximum Gasteiger partial charge on any atom is 0.416 e. The third-order valence-corrected chi connectivity index (χ3v) is 7.75. The van der Waals surface area contributed by atoms with E-state index >= 15 is 0 Å². The van der Waals surface area contributed by atoms with E-state index in [1.807, 2.05) is 17.5 Å². The number of fused-ring (bicyclic) bond motifs is 1. The van der Waals surface area contributed by atoms with Crippen LogP contribution in [0.2, 0.25) is 5.02 Å². The normalized spacial score (nSPS) is 14.7. The second-order valence-corrected chi connectivity index (χ2v) is 10.6. The monoisotopic (exact) mass is 619 g/mol. The lowest BCUT2D eigenvalue weighted by Crippen LogP contribution is -2.35. The largest absolute Gasteiger partial charge is 0.416 e. The number of carbonyl (C=O) groups is 1. The SMILES string of the molecule is CCOCCN1CCC(c2cc(-c3ccc(NC(=O)Nc4cc(C(F)(F)F)ccc4F)c(Cl)c3)c3c(N)ncnn23)CC1. The molecular weight excluding hydrogens is 590 g/mol. The van der Waals surface area contributed by atoms with Crippen molar-refractivity contribution >= 4 is 40.3 Å². The van der Waals surface area contributed by atoms with E-state index in [9.17, 15) is 22.4 Å². The fourth-order valence-electron chi connectivity index (χ4n) is 5.25. The molecule has 2 aromatic carbocycles. The molecule has 4 aromatic rings. The molecule has 0 spiro atoms. The summed E-state index contributed by atoms with van der Waals surface area (Å²) in [6.07, 6.45) is -1.41. The van der Waals surface area contributed by atoms with Crippen LogP contribution in [0.15, 0.2) is 48.8 Å². The number of alkyl halides is 3. The number of aromatic nitrogens is 3. The molecule has 43 heavy (non-hydrogen) atoms. The Morgan fingerprint density at radius 3 is 2.56 bits per heavy atom. The molecule has 4 N–H and O–H groups in total. The van der Waals surface area contributed by atoms with Crippen molar-refractivity contribution < 1.29 is 27.1 Å². The number of benzene rings is 2. The molecule has 1 fully saturated rings. The van der Waals surface area contributed by atoms with Gasteiger partial charge in [0.05, 0.1) is 28.6 Å². The molecule has 5 rings (SSSR count). The van der Waals surface area contributed by atoms with E-state index in [-0.39, 0.29) is 16.6 Å². The van der Waals surface area contributed by atoms with Crippen LogP contribution in [0.5, 0.6) is 0 Å². The molecule has 0 bridgehead atoms. The number of halogens is 5. The molecule has 228 valence electrons. The number of rotatable bonds is 8. The van der Waals surface area contributed by atoms with Crippen molar-refractivity contribution in [2.75, 3.05) is 49.2 Å². The Morgan fingerprint density at radius 2 is 1.86 bits per heavy atom. The van der Waals surface area contributed by atoms with Gasteiger partial charge < -0.3 is 26.0 Å². The summed E-state index contributed by atoms with van der Waals surface area (Å²) in [4.78, 5) is 19.1. The van der Waals surface area contributed by atoms with Crippen LogP contribution in [0, 0.1) is 5.82 Å². The number of nitrogen functional groups attached to an aromatic ring is 1. The Labute approximate surface area is 250 Å². The molecule has 2 amide bonds. The fraction of sp³-hybridized carbons (Fsp3) is 0.345. The van der Waals surface area contributed by atoms with Crippen LogP contribution in [0.4, 0.5) is 39.5 Å². The Morgan fingerprint density at radius 1 is 1.12 bits per heavy atom. The molecule has 14 heteroatoms. The highest BCUT2D eigenvalue weighted by Gasteiger charge is 2.31. The number of carbonyl (C=O) groups excluding carboxylic acids is 1. The highest BCUT2D eigenvalue weighted by molar-refractivity contribution is 6.34. The van der Waals surface area contributed by atoms with E-state index in [0.717, 1.165) is 43.7 Å². The molecule has 0 unspecified atom stereocenters. The van der Waals surface area contributed by atoms with E-state index in [1.165, 1.54) is 6.33 Å². The van der Waals surface area contributed by atoms with Crippen LogP contribution in [0.1, 0.15) is 36.9 Å². The maximum atomic E-state index is 14.1. The van der Waals surface area contributed by atoms with Gasteiger partial charge in [0.1, 0.15) is 17.7 Å².